The molecule has 2 unspecified atom stereocenters. The van der Waals surface area contributed by atoms with Crippen molar-refractivity contribution in [2.75, 3.05) is 12.4 Å². The van der Waals surface area contributed by atoms with E-state index in [1.807, 2.05) is 0 Å². The van der Waals surface area contributed by atoms with E-state index in [1.165, 1.54) is 5.56 Å². The predicted octanol–water partition coefficient (Wildman–Crippen LogP) is 4.15. The van der Waals surface area contributed by atoms with Crippen LogP contribution in [0.15, 0.2) is 30.3 Å². The molecule has 1 aromatic rings. The molecule has 0 fully saturated rings. The summed E-state index contributed by atoms with van der Waals surface area (Å²) in [7, 11) is 1.78. The molecule has 2 atom stereocenters. The molecule has 0 saturated heterocycles. The summed E-state index contributed by atoms with van der Waals surface area (Å²) >= 11 is 3.67. The molecule has 0 heterocycles. The second-order valence-corrected chi connectivity index (χ2v) is 4.94. The Bertz CT molecular complexity index is 293. The molecule has 0 amide bonds. The molecule has 0 aliphatic rings. The average Bonchev–Trinajstić information content (AvgIpc) is 2.37. The van der Waals surface area contributed by atoms with E-state index < -0.39 is 0 Å². The molecule has 16 heavy (non-hydrogen) atoms. The maximum Gasteiger partial charge on any atom is 0.0552 e. The summed E-state index contributed by atoms with van der Waals surface area (Å²) in [5.41, 5.74) is 1.59. The molecule has 0 bridgehead atoms. The molecule has 1 nitrogen and oxygen atoms in total. The molecule has 1 aromatic carbocycles. The first-order chi connectivity index (χ1) is 7.68. The minimum absolute atomic E-state index is 0.191. The van der Waals surface area contributed by atoms with Gasteiger partial charge in [0.05, 0.1) is 6.10 Å². The van der Waals surface area contributed by atoms with Gasteiger partial charge in [0.1, 0.15) is 0 Å². The summed E-state index contributed by atoms with van der Waals surface area (Å²) in [4.78, 5) is 0. The largest absolute Gasteiger partial charge is 0.382 e. The summed E-state index contributed by atoms with van der Waals surface area (Å²) in [6.45, 7) is 4.38. The van der Waals surface area contributed by atoms with Crippen molar-refractivity contribution in [2.45, 2.75) is 38.2 Å². The molecule has 0 spiro atoms. The quantitative estimate of drug-likeness (QED) is 0.713. The van der Waals surface area contributed by atoms with Crippen molar-refractivity contribution in [1.29, 1.82) is 0 Å². The SMILES string of the molecule is CCC(CBr)(CC(C)OC)c1ccccc1. The van der Waals surface area contributed by atoms with Gasteiger partial charge in [0.2, 0.25) is 0 Å². The molecule has 0 aliphatic heterocycles. The lowest BCUT2D eigenvalue weighted by molar-refractivity contribution is 0.0898. The van der Waals surface area contributed by atoms with Gasteiger partial charge in [-0.3, -0.25) is 0 Å². The zero-order valence-electron chi connectivity index (χ0n) is 10.4. The Hall–Kier alpha value is -0.340. The van der Waals surface area contributed by atoms with Gasteiger partial charge in [-0.1, -0.05) is 53.2 Å². The van der Waals surface area contributed by atoms with E-state index in [1.54, 1.807) is 7.11 Å². The minimum atomic E-state index is 0.191. The maximum atomic E-state index is 5.41. The zero-order valence-corrected chi connectivity index (χ0v) is 12.0. The summed E-state index contributed by atoms with van der Waals surface area (Å²) in [5.74, 6) is 0. The number of benzene rings is 1. The van der Waals surface area contributed by atoms with Crippen molar-refractivity contribution in [3.8, 4) is 0 Å². The van der Waals surface area contributed by atoms with E-state index in [9.17, 15) is 0 Å². The van der Waals surface area contributed by atoms with Gasteiger partial charge >= 0.3 is 0 Å². The second kappa shape index (κ2) is 6.41. The second-order valence-electron chi connectivity index (χ2n) is 4.38. The van der Waals surface area contributed by atoms with Gasteiger partial charge in [0, 0.05) is 17.9 Å². The van der Waals surface area contributed by atoms with E-state index in [2.05, 4.69) is 60.1 Å². The third-order valence-electron chi connectivity index (χ3n) is 3.40. The van der Waals surface area contributed by atoms with Crippen LogP contribution in [0.2, 0.25) is 0 Å². The number of rotatable bonds is 6. The molecule has 2 heteroatoms. The Morgan fingerprint density at radius 3 is 2.38 bits per heavy atom. The predicted molar refractivity (Wildman–Crippen MR) is 73.3 cm³/mol. The highest BCUT2D eigenvalue weighted by Gasteiger charge is 2.30. The molecule has 0 radical (unpaired) electrons. The van der Waals surface area contributed by atoms with Crippen LogP contribution in [0.25, 0.3) is 0 Å². The van der Waals surface area contributed by atoms with Crippen LogP contribution in [0.1, 0.15) is 32.3 Å². The lowest BCUT2D eigenvalue weighted by atomic mass is 9.76. The Balaban J connectivity index is 2.96. The first-order valence-corrected chi connectivity index (χ1v) is 6.95. The van der Waals surface area contributed by atoms with Crippen LogP contribution in [0, 0.1) is 0 Å². The summed E-state index contributed by atoms with van der Waals surface area (Å²) in [6, 6.07) is 10.7. The summed E-state index contributed by atoms with van der Waals surface area (Å²) in [5, 5.41) is 0.980. The number of alkyl halides is 1. The van der Waals surface area contributed by atoms with Crippen LogP contribution < -0.4 is 0 Å². The van der Waals surface area contributed by atoms with E-state index >= 15 is 0 Å². The van der Waals surface area contributed by atoms with Crippen molar-refractivity contribution < 1.29 is 4.74 Å². The van der Waals surface area contributed by atoms with Crippen LogP contribution in [0.5, 0.6) is 0 Å². The number of ether oxygens (including phenoxy) is 1. The fraction of sp³-hybridized carbons (Fsp3) is 0.571. The highest BCUT2D eigenvalue weighted by Crippen LogP contribution is 2.35. The van der Waals surface area contributed by atoms with Crippen LogP contribution >= 0.6 is 15.9 Å². The minimum Gasteiger partial charge on any atom is -0.382 e. The van der Waals surface area contributed by atoms with Crippen LogP contribution in [0.4, 0.5) is 0 Å². The zero-order chi connectivity index (χ0) is 12.0. The van der Waals surface area contributed by atoms with Crippen molar-refractivity contribution in [3.63, 3.8) is 0 Å². The Morgan fingerprint density at radius 1 is 1.31 bits per heavy atom. The Kier molecular flexibility index (Phi) is 5.50. The van der Waals surface area contributed by atoms with E-state index in [0.717, 1.165) is 18.2 Å². The van der Waals surface area contributed by atoms with Crippen LogP contribution in [-0.2, 0) is 10.2 Å². The van der Waals surface area contributed by atoms with Crippen molar-refractivity contribution >= 4 is 15.9 Å². The van der Waals surface area contributed by atoms with Gasteiger partial charge < -0.3 is 4.74 Å². The van der Waals surface area contributed by atoms with E-state index in [4.69, 9.17) is 4.74 Å². The number of halogens is 1. The monoisotopic (exact) mass is 284 g/mol. The number of methoxy groups -OCH3 is 1. The third-order valence-corrected chi connectivity index (χ3v) is 4.47. The van der Waals surface area contributed by atoms with E-state index in [0.29, 0.717) is 0 Å². The molecule has 90 valence electrons. The van der Waals surface area contributed by atoms with Gasteiger partial charge in [-0.2, -0.15) is 0 Å². The lowest BCUT2D eigenvalue weighted by Crippen LogP contribution is -2.32. The van der Waals surface area contributed by atoms with Gasteiger partial charge in [0.25, 0.3) is 0 Å². The average molecular weight is 285 g/mol. The van der Waals surface area contributed by atoms with Gasteiger partial charge in [-0.05, 0) is 25.3 Å². The van der Waals surface area contributed by atoms with Crippen molar-refractivity contribution in [2.24, 2.45) is 0 Å². The molecule has 1 rings (SSSR count). The Labute approximate surface area is 107 Å². The van der Waals surface area contributed by atoms with Crippen molar-refractivity contribution in [3.05, 3.63) is 35.9 Å². The fourth-order valence-electron chi connectivity index (χ4n) is 2.12. The Morgan fingerprint density at radius 2 is 1.94 bits per heavy atom. The first-order valence-electron chi connectivity index (χ1n) is 5.83. The van der Waals surface area contributed by atoms with Gasteiger partial charge in [-0.25, -0.2) is 0 Å². The van der Waals surface area contributed by atoms with Gasteiger partial charge in [-0.15, -0.1) is 0 Å². The summed E-state index contributed by atoms with van der Waals surface area (Å²) < 4.78 is 5.41. The topological polar surface area (TPSA) is 9.23 Å². The smallest absolute Gasteiger partial charge is 0.0552 e. The van der Waals surface area contributed by atoms with Crippen LogP contribution in [-0.4, -0.2) is 18.5 Å². The van der Waals surface area contributed by atoms with Gasteiger partial charge in [0.15, 0.2) is 0 Å². The van der Waals surface area contributed by atoms with Crippen molar-refractivity contribution in [1.82, 2.24) is 0 Å². The van der Waals surface area contributed by atoms with E-state index in [-0.39, 0.29) is 11.5 Å². The van der Waals surface area contributed by atoms with Crippen LogP contribution in [0.3, 0.4) is 0 Å². The number of hydrogen-bond acceptors (Lipinski definition) is 1. The molecule has 0 saturated carbocycles. The highest BCUT2D eigenvalue weighted by molar-refractivity contribution is 9.09. The molecular formula is C14H21BrO. The lowest BCUT2D eigenvalue weighted by Gasteiger charge is -2.33. The third kappa shape index (κ3) is 3.08. The standard InChI is InChI=1S/C14H21BrO/c1-4-14(11-15,10-12(2)16-3)13-8-6-5-7-9-13/h5-9,12H,4,10-11H2,1-3H3. The molecule has 0 aromatic heterocycles. The first kappa shape index (κ1) is 13.7. The normalized spacial score (nSPS) is 16.8. The fourth-order valence-corrected chi connectivity index (χ4v) is 3.07. The molecular weight excluding hydrogens is 264 g/mol. The molecule has 0 aliphatic carbocycles. The summed E-state index contributed by atoms with van der Waals surface area (Å²) in [6.07, 6.45) is 2.46. The maximum absolute atomic E-state index is 5.41. The molecule has 0 N–H and O–H groups in total. The number of hydrogen-bond donors (Lipinski definition) is 0. The highest BCUT2D eigenvalue weighted by atomic mass is 79.9.